The number of carbonyl (C=O) groups is 1. The summed E-state index contributed by atoms with van der Waals surface area (Å²) >= 11 is 0. The number of carboxylic acids is 1. The van der Waals surface area contributed by atoms with Gasteiger partial charge in [-0.25, -0.2) is 4.39 Å². The highest BCUT2D eigenvalue weighted by molar-refractivity contribution is 5.76. The van der Waals surface area contributed by atoms with E-state index in [9.17, 15) is 14.3 Å². The van der Waals surface area contributed by atoms with E-state index in [4.69, 9.17) is 14.5 Å². The molecule has 3 atom stereocenters. The number of carboxylic acid groups (broad SMARTS) is 1. The van der Waals surface area contributed by atoms with Crippen LogP contribution in [-0.2, 0) is 33.5 Å². The smallest absolute Gasteiger partial charge is 0.325 e. The molecule has 1 aliphatic carbocycles. The van der Waals surface area contributed by atoms with Crippen LogP contribution in [0.4, 0.5) is 4.39 Å². The average Bonchev–Trinajstić information content (AvgIpc) is 3.37. The molecule has 0 saturated carbocycles. The predicted molar refractivity (Wildman–Crippen MR) is 148 cm³/mol. The Morgan fingerprint density at radius 1 is 1.18 bits per heavy atom. The minimum Gasteiger partial charge on any atom is -0.480 e. The maximum absolute atomic E-state index is 14.4. The Labute approximate surface area is 231 Å². The molecule has 2 fully saturated rings. The van der Waals surface area contributed by atoms with E-state index in [1.54, 1.807) is 6.07 Å². The number of fused-ring (bicyclic) bond motifs is 1. The zero-order valence-corrected chi connectivity index (χ0v) is 23.5. The first-order chi connectivity index (χ1) is 18.8. The third-order valence-electron chi connectivity index (χ3n) is 8.65. The normalized spacial score (nSPS) is 23.9. The zero-order chi connectivity index (χ0) is 27.4. The van der Waals surface area contributed by atoms with Crippen LogP contribution in [0.2, 0.25) is 0 Å². The van der Waals surface area contributed by atoms with Crippen LogP contribution in [0.15, 0.2) is 30.3 Å². The van der Waals surface area contributed by atoms with Crippen LogP contribution in [0.25, 0.3) is 0 Å². The standard InChI is InChI=1S/C32H43FN2O4/c1-32(2)21-38-29(20-39-32)26-15-13-24(33)18-27(26)30(31(36)37)35-17-16-22(19-35)8-4-3-5-10-25-14-12-23-9-6-7-11-28(23)34-25/h12-15,18,22,29-30H,3-11,16-17,19-21H2,1-2H3,(H,36,37)/t22-,29?,30?/m1/s1. The molecule has 0 spiro atoms. The van der Waals surface area contributed by atoms with Crippen LogP contribution in [0.1, 0.15) is 99.0 Å². The quantitative estimate of drug-likeness (QED) is 0.362. The number of rotatable bonds is 10. The van der Waals surface area contributed by atoms with Crippen molar-refractivity contribution >= 4 is 5.97 Å². The molecule has 1 aromatic heterocycles. The second-order valence-corrected chi connectivity index (χ2v) is 12.2. The average molecular weight is 539 g/mol. The number of benzene rings is 1. The van der Waals surface area contributed by atoms with Gasteiger partial charge in [0.2, 0.25) is 0 Å². The molecule has 0 radical (unpaired) electrons. The maximum atomic E-state index is 14.4. The van der Waals surface area contributed by atoms with Crippen LogP contribution in [0.5, 0.6) is 0 Å². The molecule has 2 aliphatic heterocycles. The molecule has 39 heavy (non-hydrogen) atoms. The van der Waals surface area contributed by atoms with Crippen LogP contribution >= 0.6 is 0 Å². The van der Waals surface area contributed by atoms with Crippen molar-refractivity contribution in [1.29, 1.82) is 0 Å². The molecule has 1 N–H and O–H groups in total. The number of aliphatic carboxylic acids is 1. The third-order valence-corrected chi connectivity index (χ3v) is 8.65. The van der Waals surface area contributed by atoms with Gasteiger partial charge in [-0.15, -0.1) is 0 Å². The summed E-state index contributed by atoms with van der Waals surface area (Å²) in [5.74, 6) is -0.917. The van der Waals surface area contributed by atoms with E-state index in [2.05, 4.69) is 12.1 Å². The van der Waals surface area contributed by atoms with Gasteiger partial charge in [-0.2, -0.15) is 0 Å². The number of hydrogen-bond donors (Lipinski definition) is 1. The number of aryl methyl sites for hydroxylation is 3. The minimum absolute atomic E-state index is 0.321. The SMILES string of the molecule is CC1(C)COC(c2ccc(F)cc2C(C(=O)O)N2CC[C@@H](CCCCCc3ccc4c(n3)CCCC4)C2)CO1. The molecule has 212 valence electrons. The van der Waals surface area contributed by atoms with Gasteiger partial charge in [-0.3, -0.25) is 14.7 Å². The van der Waals surface area contributed by atoms with Crippen molar-refractivity contribution in [2.75, 3.05) is 26.3 Å². The molecule has 3 heterocycles. The van der Waals surface area contributed by atoms with Crippen molar-refractivity contribution in [2.24, 2.45) is 5.92 Å². The molecule has 3 aliphatic rings. The highest BCUT2D eigenvalue weighted by Gasteiger charge is 2.37. The second-order valence-electron chi connectivity index (χ2n) is 12.2. The number of halogens is 1. The molecular weight excluding hydrogens is 495 g/mol. The summed E-state index contributed by atoms with van der Waals surface area (Å²) in [5, 5.41) is 10.3. The summed E-state index contributed by atoms with van der Waals surface area (Å²) in [6.45, 7) is 6.07. The van der Waals surface area contributed by atoms with Crippen LogP contribution in [0, 0.1) is 11.7 Å². The van der Waals surface area contributed by atoms with Crippen LogP contribution in [-0.4, -0.2) is 52.9 Å². The van der Waals surface area contributed by atoms with Crippen molar-refractivity contribution in [1.82, 2.24) is 9.88 Å². The van der Waals surface area contributed by atoms with Crippen molar-refractivity contribution in [3.05, 3.63) is 64.2 Å². The van der Waals surface area contributed by atoms with Gasteiger partial charge < -0.3 is 14.6 Å². The minimum atomic E-state index is -0.947. The topological polar surface area (TPSA) is 71.9 Å². The molecule has 7 heteroatoms. The first kappa shape index (κ1) is 28.2. The van der Waals surface area contributed by atoms with Gasteiger partial charge in [0.15, 0.2) is 0 Å². The summed E-state index contributed by atoms with van der Waals surface area (Å²) in [6.07, 6.45) is 10.9. The summed E-state index contributed by atoms with van der Waals surface area (Å²) in [5.41, 5.74) is 4.76. The van der Waals surface area contributed by atoms with Gasteiger partial charge in [0.25, 0.3) is 0 Å². The van der Waals surface area contributed by atoms with E-state index in [0.29, 0.717) is 43.3 Å². The molecule has 0 amide bonds. The highest BCUT2D eigenvalue weighted by Crippen LogP contribution is 2.37. The van der Waals surface area contributed by atoms with Gasteiger partial charge >= 0.3 is 5.97 Å². The van der Waals surface area contributed by atoms with Crippen molar-refractivity contribution in [3.8, 4) is 0 Å². The Morgan fingerprint density at radius 3 is 2.82 bits per heavy atom. The van der Waals surface area contributed by atoms with Gasteiger partial charge in [0, 0.05) is 17.9 Å². The lowest BCUT2D eigenvalue weighted by Crippen LogP contribution is -2.40. The van der Waals surface area contributed by atoms with E-state index in [1.807, 2.05) is 18.7 Å². The van der Waals surface area contributed by atoms with Crippen molar-refractivity contribution in [3.63, 3.8) is 0 Å². The molecule has 0 bridgehead atoms. The molecule has 1 aromatic carbocycles. The number of ether oxygens (including phenoxy) is 2. The molecular formula is C32H43FN2O4. The maximum Gasteiger partial charge on any atom is 0.325 e. The van der Waals surface area contributed by atoms with Gasteiger partial charge in [-0.05, 0) is 113 Å². The van der Waals surface area contributed by atoms with E-state index in [0.717, 1.165) is 44.9 Å². The lowest BCUT2D eigenvalue weighted by Gasteiger charge is -2.36. The van der Waals surface area contributed by atoms with Crippen LogP contribution < -0.4 is 0 Å². The Kier molecular flexibility index (Phi) is 8.99. The molecule has 2 aromatic rings. The monoisotopic (exact) mass is 538 g/mol. The summed E-state index contributed by atoms with van der Waals surface area (Å²) in [7, 11) is 0. The number of pyridine rings is 1. The van der Waals surface area contributed by atoms with Crippen molar-refractivity contribution < 1.29 is 23.8 Å². The number of hydrogen-bond acceptors (Lipinski definition) is 5. The number of nitrogens with zero attached hydrogens (tertiary/aromatic N) is 2. The Bertz CT molecular complexity index is 1140. The zero-order valence-electron chi connectivity index (χ0n) is 23.5. The van der Waals surface area contributed by atoms with E-state index >= 15 is 0 Å². The third kappa shape index (κ3) is 7.05. The van der Waals surface area contributed by atoms with E-state index in [1.165, 1.54) is 48.3 Å². The Hall–Kier alpha value is -2.35. The van der Waals surface area contributed by atoms with Crippen molar-refractivity contribution in [2.45, 2.75) is 95.8 Å². The van der Waals surface area contributed by atoms with Gasteiger partial charge in [0.1, 0.15) is 18.0 Å². The summed E-state index contributed by atoms with van der Waals surface area (Å²) in [4.78, 5) is 19.4. The summed E-state index contributed by atoms with van der Waals surface area (Å²) in [6, 6.07) is 8.01. The van der Waals surface area contributed by atoms with Gasteiger partial charge in [-0.1, -0.05) is 25.0 Å². The lowest BCUT2D eigenvalue weighted by atomic mass is 9.94. The molecule has 5 rings (SSSR count). The second kappa shape index (κ2) is 12.4. The van der Waals surface area contributed by atoms with E-state index < -0.39 is 23.9 Å². The predicted octanol–water partition coefficient (Wildman–Crippen LogP) is 6.22. The lowest BCUT2D eigenvalue weighted by molar-refractivity contribution is -0.177. The Morgan fingerprint density at radius 2 is 2.03 bits per heavy atom. The molecule has 6 nitrogen and oxygen atoms in total. The highest BCUT2D eigenvalue weighted by atomic mass is 19.1. The fourth-order valence-electron chi connectivity index (χ4n) is 6.45. The fraction of sp³-hybridized carbons (Fsp3) is 0.625. The molecule has 2 unspecified atom stereocenters. The van der Waals surface area contributed by atoms with E-state index in [-0.39, 0.29) is 5.60 Å². The van der Waals surface area contributed by atoms with Gasteiger partial charge in [0.05, 0.1) is 18.8 Å². The number of unbranched alkanes of at least 4 members (excludes halogenated alkanes) is 2. The first-order valence-corrected chi connectivity index (χ1v) is 14.8. The number of likely N-dealkylation sites (tertiary alicyclic amines) is 1. The molecule has 2 saturated heterocycles. The Balaban J connectivity index is 1.14. The largest absolute Gasteiger partial charge is 0.480 e. The number of aromatic nitrogens is 1. The summed E-state index contributed by atoms with van der Waals surface area (Å²) < 4.78 is 26.4. The fourth-order valence-corrected chi connectivity index (χ4v) is 6.45. The van der Waals surface area contributed by atoms with Crippen LogP contribution in [0.3, 0.4) is 0 Å². The first-order valence-electron chi connectivity index (χ1n) is 14.8.